The second-order valence-electron chi connectivity index (χ2n) is 5.69. The highest BCUT2D eigenvalue weighted by Crippen LogP contribution is 2.35. The van der Waals surface area contributed by atoms with Crippen molar-refractivity contribution in [2.45, 2.75) is 0 Å². The van der Waals surface area contributed by atoms with E-state index in [1.165, 1.54) is 10.6 Å². The molecule has 0 atom stereocenters. The van der Waals surface area contributed by atoms with Crippen molar-refractivity contribution < 1.29 is 14.7 Å². The van der Waals surface area contributed by atoms with Crippen molar-refractivity contribution in [2.75, 3.05) is 0 Å². The lowest BCUT2D eigenvalue weighted by molar-refractivity contribution is -0.115. The lowest BCUT2D eigenvalue weighted by Crippen LogP contribution is -2.19. The number of amides is 1. The summed E-state index contributed by atoms with van der Waals surface area (Å²) in [6, 6.07) is 8.44. The maximum Gasteiger partial charge on any atom is 0.354 e. The molecule has 1 aromatic carbocycles. The van der Waals surface area contributed by atoms with Gasteiger partial charge in [-0.2, -0.15) is 0 Å². The summed E-state index contributed by atoms with van der Waals surface area (Å²) in [5.74, 6) is -1.41. The third-order valence-electron chi connectivity index (χ3n) is 3.85. The van der Waals surface area contributed by atoms with Gasteiger partial charge in [-0.3, -0.25) is 9.20 Å². The molecule has 1 aliphatic rings. The van der Waals surface area contributed by atoms with Crippen LogP contribution in [0.4, 0.5) is 5.69 Å². The number of nitrogens with zero attached hydrogens (tertiary/aromatic N) is 3. The number of nitrogens with one attached hydrogen (secondary N) is 1. The molecule has 3 aromatic rings. The smallest absolute Gasteiger partial charge is 0.354 e. The normalized spacial score (nSPS) is 16.9. The van der Waals surface area contributed by atoms with Crippen molar-refractivity contribution in [3.63, 3.8) is 0 Å². The fraction of sp³-hybridized carbons (Fsp3) is 0. The Bertz CT molecular complexity index is 1180. The number of carbonyl (C=O) groups is 2. The Hall–Kier alpha value is -2.81. The minimum Gasteiger partial charge on any atom is -0.477 e. The van der Waals surface area contributed by atoms with Crippen molar-refractivity contribution in [1.29, 1.82) is 0 Å². The van der Waals surface area contributed by atoms with Crippen LogP contribution < -0.4 is 5.32 Å². The topological polar surface area (TPSA) is 96.1 Å². The second-order valence-corrected chi connectivity index (χ2v) is 7.54. The lowest BCUT2D eigenvalue weighted by atomic mass is 10.2. The molecular weight excluding hydrogens is 423 g/mol. The van der Waals surface area contributed by atoms with Gasteiger partial charge in [-0.05, 0) is 47.7 Å². The predicted molar refractivity (Wildman–Crippen MR) is 109 cm³/mol. The molecule has 0 spiro atoms. The molecule has 7 nitrogen and oxygen atoms in total. The number of hydrogen-bond donors (Lipinski definition) is 2. The van der Waals surface area contributed by atoms with Gasteiger partial charge in [-0.15, -0.1) is 0 Å². The van der Waals surface area contributed by atoms with Crippen molar-refractivity contribution in [2.24, 2.45) is 4.99 Å². The van der Waals surface area contributed by atoms with Crippen molar-refractivity contribution in [1.82, 2.24) is 14.7 Å². The molecular formula is C18H10Cl2N4O3S. The van der Waals surface area contributed by atoms with Crippen LogP contribution in [-0.2, 0) is 4.79 Å². The molecule has 28 heavy (non-hydrogen) atoms. The van der Waals surface area contributed by atoms with E-state index in [4.69, 9.17) is 23.2 Å². The average molecular weight is 433 g/mol. The number of para-hydroxylation sites is 1. The number of imidazole rings is 1. The number of carbonyl (C=O) groups excluding carboxylic acids is 1. The van der Waals surface area contributed by atoms with Gasteiger partial charge in [0.25, 0.3) is 5.91 Å². The number of carboxylic acids is 1. The summed E-state index contributed by atoms with van der Waals surface area (Å²) < 4.78 is 1.45. The van der Waals surface area contributed by atoms with Gasteiger partial charge in [0.2, 0.25) is 0 Å². The Labute approximate surface area is 172 Å². The Morgan fingerprint density at radius 2 is 2.00 bits per heavy atom. The summed E-state index contributed by atoms with van der Waals surface area (Å²) in [6.45, 7) is 0. The molecule has 0 aliphatic carbocycles. The fourth-order valence-electron chi connectivity index (χ4n) is 2.57. The van der Waals surface area contributed by atoms with Crippen molar-refractivity contribution in [3.05, 3.63) is 68.9 Å². The summed E-state index contributed by atoms with van der Waals surface area (Å²) in [7, 11) is 0. The number of hydrogen-bond acceptors (Lipinski definition) is 5. The van der Waals surface area contributed by atoms with Gasteiger partial charge >= 0.3 is 5.97 Å². The largest absolute Gasteiger partial charge is 0.477 e. The van der Waals surface area contributed by atoms with Crippen LogP contribution in [0, 0.1) is 0 Å². The molecule has 1 amide bonds. The van der Waals surface area contributed by atoms with E-state index < -0.39 is 5.97 Å². The lowest BCUT2D eigenvalue weighted by Gasteiger charge is -2.01. The number of benzene rings is 1. The van der Waals surface area contributed by atoms with E-state index >= 15 is 0 Å². The zero-order valence-corrected chi connectivity index (χ0v) is 16.2. The van der Waals surface area contributed by atoms with E-state index in [2.05, 4.69) is 15.3 Å². The standard InChI is InChI=1S/C18H10Cl2N4O3S/c19-10-2-1-3-11(20)15(10)22-18-23-16(25)13(28-18)6-9-4-5-14-21-7-12(17(26)27)24(14)8-9/h1-8H,(H,26,27)(H,22,23,25). The molecule has 1 fully saturated rings. The number of aromatic carboxylic acids is 1. The first-order valence-corrected chi connectivity index (χ1v) is 9.43. The molecule has 1 aliphatic heterocycles. The number of rotatable bonds is 3. The molecule has 4 rings (SSSR count). The summed E-state index contributed by atoms with van der Waals surface area (Å²) in [5.41, 5.74) is 1.55. The quantitative estimate of drug-likeness (QED) is 0.603. The number of fused-ring (bicyclic) bond motifs is 1. The number of thioether (sulfide) groups is 1. The summed E-state index contributed by atoms with van der Waals surface area (Å²) in [6.07, 6.45) is 4.53. The number of halogens is 2. The van der Waals surface area contributed by atoms with Crippen LogP contribution in [-0.4, -0.2) is 31.5 Å². The first-order valence-electron chi connectivity index (χ1n) is 7.86. The first kappa shape index (κ1) is 18.5. The molecule has 0 unspecified atom stereocenters. The number of aliphatic imine (C=N–C) groups is 1. The van der Waals surface area contributed by atoms with Crippen molar-refractivity contribution in [3.8, 4) is 0 Å². The highest BCUT2D eigenvalue weighted by molar-refractivity contribution is 8.18. The molecule has 0 bridgehead atoms. The van der Waals surface area contributed by atoms with E-state index in [-0.39, 0.29) is 11.6 Å². The minimum atomic E-state index is -1.09. The third kappa shape index (κ3) is 3.49. The number of carboxylic acid groups (broad SMARTS) is 1. The highest BCUT2D eigenvalue weighted by atomic mass is 35.5. The van der Waals surface area contributed by atoms with Crippen LogP contribution in [0.25, 0.3) is 11.7 Å². The Kier molecular flexibility index (Phi) is 4.84. The summed E-state index contributed by atoms with van der Waals surface area (Å²) in [5, 5.41) is 13.0. The van der Waals surface area contributed by atoms with Crippen LogP contribution in [0.3, 0.4) is 0 Å². The Balaban J connectivity index is 1.67. The first-order chi connectivity index (χ1) is 13.4. The third-order valence-corrected chi connectivity index (χ3v) is 5.37. The maximum absolute atomic E-state index is 12.3. The molecule has 0 radical (unpaired) electrons. The second kappa shape index (κ2) is 7.31. The highest BCUT2D eigenvalue weighted by Gasteiger charge is 2.24. The molecule has 3 heterocycles. The minimum absolute atomic E-state index is 0.0365. The SMILES string of the molecule is O=C1NC(=Nc2c(Cl)cccc2Cl)SC1=Cc1ccc2ncc(C(=O)O)n2c1. The molecule has 10 heteroatoms. The van der Waals surface area contributed by atoms with E-state index in [0.717, 1.165) is 11.8 Å². The van der Waals surface area contributed by atoms with E-state index in [1.807, 2.05) is 0 Å². The predicted octanol–water partition coefficient (Wildman–Crippen LogP) is 4.23. The Morgan fingerprint density at radius 1 is 1.25 bits per heavy atom. The average Bonchev–Trinajstić information content (AvgIpc) is 3.22. The van der Waals surface area contributed by atoms with Gasteiger partial charge in [-0.1, -0.05) is 29.3 Å². The Morgan fingerprint density at radius 3 is 2.71 bits per heavy atom. The van der Waals surface area contributed by atoms with E-state index in [1.54, 1.807) is 42.6 Å². The maximum atomic E-state index is 12.3. The number of pyridine rings is 1. The molecule has 0 saturated carbocycles. The fourth-order valence-corrected chi connectivity index (χ4v) is 3.88. The van der Waals surface area contributed by atoms with Gasteiger partial charge in [0.05, 0.1) is 21.1 Å². The zero-order valence-electron chi connectivity index (χ0n) is 13.9. The van der Waals surface area contributed by atoms with Crippen LogP contribution in [0.2, 0.25) is 10.0 Å². The van der Waals surface area contributed by atoms with Crippen molar-refractivity contribution >= 4 is 69.4 Å². The van der Waals surface area contributed by atoms with Gasteiger partial charge in [-0.25, -0.2) is 14.8 Å². The van der Waals surface area contributed by atoms with Gasteiger partial charge in [0, 0.05) is 6.20 Å². The van der Waals surface area contributed by atoms with Crippen LogP contribution in [0.1, 0.15) is 16.1 Å². The van der Waals surface area contributed by atoms with E-state index in [9.17, 15) is 14.7 Å². The molecule has 2 N–H and O–H groups in total. The summed E-state index contributed by atoms with van der Waals surface area (Å²) in [4.78, 5) is 32.3. The molecule has 140 valence electrons. The number of amidine groups is 1. The van der Waals surface area contributed by atoms with Gasteiger partial charge < -0.3 is 10.4 Å². The zero-order chi connectivity index (χ0) is 19.8. The van der Waals surface area contributed by atoms with E-state index in [0.29, 0.717) is 37.0 Å². The molecule has 1 saturated heterocycles. The summed E-state index contributed by atoms with van der Waals surface area (Å²) >= 11 is 13.4. The monoisotopic (exact) mass is 432 g/mol. The number of aromatic nitrogens is 2. The van der Waals surface area contributed by atoms with Crippen LogP contribution in [0.5, 0.6) is 0 Å². The molecule has 2 aromatic heterocycles. The van der Waals surface area contributed by atoms with Crippen LogP contribution in [0.15, 0.2) is 52.6 Å². The van der Waals surface area contributed by atoms with Gasteiger partial charge in [0.1, 0.15) is 11.3 Å². The van der Waals surface area contributed by atoms with Crippen LogP contribution >= 0.6 is 35.0 Å². The van der Waals surface area contributed by atoms with Gasteiger partial charge in [0.15, 0.2) is 10.9 Å².